The zero-order valence-corrected chi connectivity index (χ0v) is 13.8. The Morgan fingerprint density at radius 2 is 2.00 bits per heavy atom. The predicted octanol–water partition coefficient (Wildman–Crippen LogP) is 1.44. The molecule has 0 aliphatic carbocycles. The molecule has 126 valence electrons. The highest BCUT2D eigenvalue weighted by atomic mass is 16.5. The molecule has 23 heavy (non-hydrogen) atoms. The maximum Gasteiger partial charge on any atom is 0.251 e. The first-order chi connectivity index (χ1) is 11.0. The highest BCUT2D eigenvalue weighted by Gasteiger charge is 2.38. The fourth-order valence-electron chi connectivity index (χ4n) is 2.70. The van der Waals surface area contributed by atoms with Crippen LogP contribution in [0.3, 0.4) is 0 Å². The van der Waals surface area contributed by atoms with E-state index in [-0.39, 0.29) is 18.4 Å². The van der Waals surface area contributed by atoms with Crippen molar-refractivity contribution in [2.24, 2.45) is 11.1 Å². The number of aryl methyl sites for hydroxylation is 1. The van der Waals surface area contributed by atoms with Crippen LogP contribution in [-0.4, -0.2) is 38.1 Å². The Kier molecular flexibility index (Phi) is 5.74. The number of ether oxygens (including phenoxy) is 1. The Hall–Kier alpha value is -1.92. The van der Waals surface area contributed by atoms with E-state index >= 15 is 0 Å². The number of amides is 2. The summed E-state index contributed by atoms with van der Waals surface area (Å²) in [5, 5.41) is 5.71. The van der Waals surface area contributed by atoms with Crippen molar-refractivity contribution in [3.8, 4) is 0 Å². The average molecular weight is 319 g/mol. The third kappa shape index (κ3) is 3.89. The van der Waals surface area contributed by atoms with E-state index in [2.05, 4.69) is 10.6 Å². The van der Waals surface area contributed by atoms with Gasteiger partial charge in [-0.3, -0.25) is 9.59 Å². The molecule has 0 aromatic heterocycles. The van der Waals surface area contributed by atoms with Gasteiger partial charge in [-0.25, -0.2) is 0 Å². The minimum atomic E-state index is -0.591. The fraction of sp³-hybridized carbons (Fsp3) is 0.529. The zero-order chi connectivity index (χ0) is 16.9. The Bertz CT molecular complexity index is 580. The summed E-state index contributed by atoms with van der Waals surface area (Å²) in [7, 11) is 0. The summed E-state index contributed by atoms with van der Waals surface area (Å²) in [4.78, 5) is 24.7. The molecular formula is C17H25N3O3. The number of benzene rings is 1. The number of nitrogens with two attached hydrogens (primary N) is 1. The van der Waals surface area contributed by atoms with Crippen LogP contribution in [-0.2, 0) is 9.53 Å². The summed E-state index contributed by atoms with van der Waals surface area (Å²) in [6.45, 7) is 5.70. The van der Waals surface area contributed by atoms with Gasteiger partial charge in [-0.1, -0.05) is 6.07 Å². The molecule has 1 aliphatic heterocycles. The predicted molar refractivity (Wildman–Crippen MR) is 89.4 cm³/mol. The SMILES string of the molecule is CCNC(=O)c1ccc(C)c(NC(=O)C2(CN)CCOCC2)c1. The first-order valence-corrected chi connectivity index (χ1v) is 8.00. The molecule has 1 aromatic carbocycles. The van der Waals surface area contributed by atoms with Gasteiger partial charge in [0.1, 0.15) is 0 Å². The maximum atomic E-state index is 12.7. The van der Waals surface area contributed by atoms with Gasteiger partial charge in [-0.05, 0) is 44.4 Å². The second-order valence-electron chi connectivity index (χ2n) is 5.94. The molecule has 2 rings (SSSR count). The Labute approximate surface area is 136 Å². The molecule has 6 nitrogen and oxygen atoms in total. The molecule has 1 heterocycles. The van der Waals surface area contributed by atoms with Crippen LogP contribution in [0.1, 0.15) is 35.7 Å². The molecule has 0 spiro atoms. The smallest absolute Gasteiger partial charge is 0.251 e. The van der Waals surface area contributed by atoms with Crippen molar-refractivity contribution in [1.29, 1.82) is 0 Å². The lowest BCUT2D eigenvalue weighted by Gasteiger charge is -2.34. The van der Waals surface area contributed by atoms with Gasteiger partial charge in [-0.15, -0.1) is 0 Å². The van der Waals surface area contributed by atoms with Gasteiger partial charge in [0.2, 0.25) is 5.91 Å². The Morgan fingerprint density at radius 3 is 2.61 bits per heavy atom. The van der Waals surface area contributed by atoms with E-state index in [1.54, 1.807) is 12.1 Å². The van der Waals surface area contributed by atoms with Crippen molar-refractivity contribution in [3.63, 3.8) is 0 Å². The molecule has 1 aromatic rings. The molecule has 0 radical (unpaired) electrons. The van der Waals surface area contributed by atoms with Crippen molar-refractivity contribution < 1.29 is 14.3 Å². The molecule has 4 N–H and O–H groups in total. The molecule has 0 atom stereocenters. The molecule has 1 aliphatic rings. The van der Waals surface area contributed by atoms with Crippen LogP contribution in [0.25, 0.3) is 0 Å². The van der Waals surface area contributed by atoms with Gasteiger partial charge in [0, 0.05) is 37.6 Å². The number of anilines is 1. The van der Waals surface area contributed by atoms with Gasteiger partial charge < -0.3 is 21.1 Å². The molecule has 0 unspecified atom stereocenters. The molecule has 1 saturated heterocycles. The second kappa shape index (κ2) is 7.57. The molecule has 6 heteroatoms. The summed E-state index contributed by atoms with van der Waals surface area (Å²) in [6.07, 6.45) is 1.23. The molecular weight excluding hydrogens is 294 g/mol. The number of hydrogen-bond donors (Lipinski definition) is 3. The zero-order valence-electron chi connectivity index (χ0n) is 13.8. The number of rotatable bonds is 5. The van der Waals surface area contributed by atoms with E-state index in [1.165, 1.54) is 0 Å². The fourth-order valence-corrected chi connectivity index (χ4v) is 2.70. The van der Waals surface area contributed by atoms with Crippen molar-refractivity contribution >= 4 is 17.5 Å². The van der Waals surface area contributed by atoms with E-state index in [0.717, 1.165) is 5.56 Å². The lowest BCUT2D eigenvalue weighted by atomic mass is 9.79. The van der Waals surface area contributed by atoms with Crippen molar-refractivity contribution in [1.82, 2.24) is 5.32 Å². The number of carbonyl (C=O) groups excluding carboxylic acids is 2. The van der Waals surface area contributed by atoms with Crippen molar-refractivity contribution in [2.45, 2.75) is 26.7 Å². The number of carbonyl (C=O) groups is 2. The van der Waals surface area contributed by atoms with Crippen LogP contribution in [0.15, 0.2) is 18.2 Å². The van der Waals surface area contributed by atoms with Crippen LogP contribution in [0, 0.1) is 12.3 Å². The van der Waals surface area contributed by atoms with Gasteiger partial charge >= 0.3 is 0 Å². The minimum Gasteiger partial charge on any atom is -0.381 e. The van der Waals surface area contributed by atoms with E-state index in [0.29, 0.717) is 43.9 Å². The second-order valence-corrected chi connectivity index (χ2v) is 5.94. The first-order valence-electron chi connectivity index (χ1n) is 8.00. The molecule has 1 fully saturated rings. The highest BCUT2D eigenvalue weighted by molar-refractivity contribution is 5.99. The summed E-state index contributed by atoms with van der Waals surface area (Å²) < 4.78 is 5.34. The standard InChI is InChI=1S/C17H25N3O3/c1-3-19-15(21)13-5-4-12(2)14(10-13)20-16(22)17(11-18)6-8-23-9-7-17/h4-5,10H,3,6-9,11,18H2,1-2H3,(H,19,21)(H,20,22). The largest absolute Gasteiger partial charge is 0.381 e. The minimum absolute atomic E-state index is 0.0977. The summed E-state index contributed by atoms with van der Waals surface area (Å²) in [5.41, 5.74) is 7.37. The lowest BCUT2D eigenvalue weighted by Crippen LogP contribution is -2.46. The topological polar surface area (TPSA) is 93.5 Å². The van der Waals surface area contributed by atoms with Gasteiger partial charge in [0.25, 0.3) is 5.91 Å². The van der Waals surface area contributed by atoms with Crippen LogP contribution in [0.4, 0.5) is 5.69 Å². The monoisotopic (exact) mass is 319 g/mol. The maximum absolute atomic E-state index is 12.7. The Balaban J connectivity index is 2.19. The summed E-state index contributed by atoms with van der Waals surface area (Å²) >= 11 is 0. The van der Waals surface area contributed by atoms with Crippen LogP contribution in [0.5, 0.6) is 0 Å². The van der Waals surface area contributed by atoms with E-state index in [4.69, 9.17) is 10.5 Å². The first kappa shape index (κ1) is 17.4. The number of hydrogen-bond acceptors (Lipinski definition) is 4. The Morgan fingerprint density at radius 1 is 1.30 bits per heavy atom. The summed E-state index contributed by atoms with van der Waals surface area (Å²) in [5.74, 6) is -0.248. The lowest BCUT2D eigenvalue weighted by molar-refractivity contribution is -0.130. The van der Waals surface area contributed by atoms with Crippen molar-refractivity contribution in [2.75, 3.05) is 31.6 Å². The van der Waals surface area contributed by atoms with E-state index < -0.39 is 5.41 Å². The van der Waals surface area contributed by atoms with Gasteiger partial charge in [-0.2, -0.15) is 0 Å². The third-order valence-corrected chi connectivity index (χ3v) is 4.41. The van der Waals surface area contributed by atoms with E-state index in [1.807, 2.05) is 19.9 Å². The van der Waals surface area contributed by atoms with Crippen LogP contribution in [0.2, 0.25) is 0 Å². The molecule has 2 amide bonds. The quantitative estimate of drug-likeness (QED) is 0.765. The average Bonchev–Trinajstić information content (AvgIpc) is 2.57. The van der Waals surface area contributed by atoms with E-state index in [9.17, 15) is 9.59 Å². The van der Waals surface area contributed by atoms with Crippen molar-refractivity contribution in [3.05, 3.63) is 29.3 Å². The van der Waals surface area contributed by atoms with Crippen LogP contribution < -0.4 is 16.4 Å². The van der Waals surface area contributed by atoms with Gasteiger partial charge in [0.15, 0.2) is 0 Å². The van der Waals surface area contributed by atoms with Crippen LogP contribution >= 0.6 is 0 Å². The highest BCUT2D eigenvalue weighted by Crippen LogP contribution is 2.31. The normalized spacial score (nSPS) is 16.7. The molecule has 0 bridgehead atoms. The summed E-state index contributed by atoms with van der Waals surface area (Å²) in [6, 6.07) is 5.30. The third-order valence-electron chi connectivity index (χ3n) is 4.41. The molecule has 0 saturated carbocycles. The van der Waals surface area contributed by atoms with Gasteiger partial charge in [0.05, 0.1) is 5.41 Å². The number of nitrogens with one attached hydrogen (secondary N) is 2.